The first-order valence-electron chi connectivity index (χ1n) is 9.04. The summed E-state index contributed by atoms with van der Waals surface area (Å²) in [5, 5.41) is 0. The molecule has 0 fully saturated rings. The van der Waals surface area contributed by atoms with E-state index >= 15 is 0 Å². The Morgan fingerprint density at radius 3 is 2.42 bits per heavy atom. The van der Waals surface area contributed by atoms with Gasteiger partial charge in [0.15, 0.2) is 5.70 Å². The average Bonchev–Trinajstić information content (AvgIpc) is 3.08. The van der Waals surface area contributed by atoms with E-state index in [0.717, 1.165) is 10.0 Å². The van der Waals surface area contributed by atoms with E-state index in [2.05, 4.69) is 52.8 Å². The van der Waals surface area contributed by atoms with Crippen molar-refractivity contribution in [1.29, 1.82) is 0 Å². The summed E-state index contributed by atoms with van der Waals surface area (Å²) in [5.41, 5.74) is 2.33. The molecule has 3 aromatic rings. The van der Waals surface area contributed by atoms with Crippen LogP contribution in [0, 0.1) is 5.82 Å². The van der Waals surface area contributed by atoms with E-state index in [1.54, 1.807) is 30.3 Å². The first-order chi connectivity index (χ1) is 14.9. The fourth-order valence-corrected chi connectivity index (χ4v) is 4.81. The number of carbonyl (C=O) groups excluding carboxylic acids is 1. The zero-order valence-corrected chi connectivity index (χ0v) is 20.5. The van der Waals surface area contributed by atoms with Crippen molar-refractivity contribution in [3.05, 3.63) is 102 Å². The van der Waals surface area contributed by atoms with E-state index in [1.807, 2.05) is 24.3 Å². The van der Waals surface area contributed by atoms with Crippen molar-refractivity contribution in [3.63, 3.8) is 0 Å². The number of aliphatic imine (C=N–C) groups is 1. The molecule has 0 radical (unpaired) electrons. The summed E-state index contributed by atoms with van der Waals surface area (Å²) in [5.74, 6) is -0.0220. The van der Waals surface area contributed by atoms with Crippen molar-refractivity contribution in [3.8, 4) is 5.75 Å². The van der Waals surface area contributed by atoms with Crippen molar-refractivity contribution in [1.82, 2.24) is 0 Å². The molecule has 0 spiro atoms. The highest BCUT2D eigenvalue weighted by atomic mass is 79.9. The summed E-state index contributed by atoms with van der Waals surface area (Å²) in [7, 11) is 0. The summed E-state index contributed by atoms with van der Waals surface area (Å²) in [6.07, 6.45) is 1.64. The quantitative estimate of drug-likeness (QED) is 0.230. The molecular formula is C23H13Br3FNO3. The van der Waals surface area contributed by atoms with Gasteiger partial charge in [0.2, 0.25) is 5.90 Å². The maximum atomic E-state index is 13.4. The Bertz CT molecular complexity index is 1220. The molecule has 0 bridgehead atoms. The summed E-state index contributed by atoms with van der Waals surface area (Å²) in [6, 6.07) is 17.2. The van der Waals surface area contributed by atoms with Gasteiger partial charge >= 0.3 is 5.97 Å². The lowest BCUT2D eigenvalue weighted by Crippen LogP contribution is -2.05. The van der Waals surface area contributed by atoms with Gasteiger partial charge in [0, 0.05) is 4.47 Å². The Balaban J connectivity index is 1.57. The van der Waals surface area contributed by atoms with Crippen molar-refractivity contribution < 1.29 is 18.7 Å². The molecule has 156 valence electrons. The number of ether oxygens (including phenoxy) is 2. The predicted molar refractivity (Wildman–Crippen MR) is 127 cm³/mol. The number of hydrogen-bond donors (Lipinski definition) is 0. The number of esters is 1. The molecule has 1 aliphatic rings. The van der Waals surface area contributed by atoms with Crippen LogP contribution in [0.25, 0.3) is 6.08 Å². The van der Waals surface area contributed by atoms with Gasteiger partial charge in [0.1, 0.15) is 18.2 Å². The molecule has 4 rings (SSSR count). The molecule has 0 atom stereocenters. The molecule has 3 aromatic carbocycles. The number of carbonyl (C=O) groups is 1. The third-order valence-electron chi connectivity index (χ3n) is 4.32. The van der Waals surface area contributed by atoms with E-state index in [9.17, 15) is 9.18 Å². The largest absolute Gasteiger partial charge is 0.487 e. The second-order valence-electron chi connectivity index (χ2n) is 6.55. The fraction of sp³-hybridized carbons (Fsp3) is 0.0435. The Hall–Kier alpha value is -2.29. The van der Waals surface area contributed by atoms with E-state index in [-0.39, 0.29) is 24.0 Å². The second kappa shape index (κ2) is 9.46. The van der Waals surface area contributed by atoms with Gasteiger partial charge in [0.05, 0.1) is 14.5 Å². The third-order valence-corrected chi connectivity index (χ3v) is 6.19. The van der Waals surface area contributed by atoms with Gasteiger partial charge in [-0.1, -0.05) is 24.3 Å². The van der Waals surface area contributed by atoms with Crippen molar-refractivity contribution in [2.45, 2.75) is 6.61 Å². The van der Waals surface area contributed by atoms with Crippen molar-refractivity contribution in [2.75, 3.05) is 0 Å². The molecule has 4 nitrogen and oxygen atoms in total. The van der Waals surface area contributed by atoms with Crippen molar-refractivity contribution in [2.24, 2.45) is 4.99 Å². The standard InChI is InChI=1S/C23H13Br3FNO3/c24-17-7-2-1-6-16(17)22-28-20(23(29)31-22)11-14-9-18(25)21(19(26)10-14)30-12-13-4-3-5-15(27)8-13/h1-11H,12H2/b20-11-. The number of halogens is 4. The zero-order valence-electron chi connectivity index (χ0n) is 15.7. The number of benzene rings is 3. The number of nitrogens with zero attached hydrogens (tertiary/aromatic N) is 1. The Morgan fingerprint density at radius 2 is 1.71 bits per heavy atom. The number of hydrogen-bond acceptors (Lipinski definition) is 4. The summed E-state index contributed by atoms with van der Waals surface area (Å²) < 4.78 is 26.7. The number of cyclic esters (lactones) is 1. The minimum Gasteiger partial charge on any atom is -0.487 e. The Labute approximate surface area is 203 Å². The van der Waals surface area contributed by atoms with E-state index in [1.165, 1.54) is 12.1 Å². The zero-order chi connectivity index (χ0) is 22.0. The minimum atomic E-state index is -0.524. The van der Waals surface area contributed by atoms with E-state index in [0.29, 0.717) is 25.8 Å². The van der Waals surface area contributed by atoms with Gasteiger partial charge in [-0.25, -0.2) is 14.2 Å². The van der Waals surface area contributed by atoms with Crippen LogP contribution in [0.1, 0.15) is 16.7 Å². The van der Waals surface area contributed by atoms with Crippen LogP contribution in [0.3, 0.4) is 0 Å². The molecule has 0 aromatic heterocycles. The molecule has 0 saturated carbocycles. The van der Waals surface area contributed by atoms with Crippen LogP contribution in [-0.4, -0.2) is 11.9 Å². The molecule has 0 unspecified atom stereocenters. The smallest absolute Gasteiger partial charge is 0.363 e. The Morgan fingerprint density at radius 1 is 0.968 bits per heavy atom. The lowest BCUT2D eigenvalue weighted by molar-refractivity contribution is -0.129. The summed E-state index contributed by atoms with van der Waals surface area (Å²) in [4.78, 5) is 16.6. The molecule has 0 saturated heterocycles. The first-order valence-corrected chi connectivity index (χ1v) is 11.4. The van der Waals surface area contributed by atoms with E-state index in [4.69, 9.17) is 9.47 Å². The van der Waals surface area contributed by atoms with Crippen LogP contribution < -0.4 is 4.74 Å². The highest BCUT2D eigenvalue weighted by molar-refractivity contribution is 9.11. The lowest BCUT2D eigenvalue weighted by atomic mass is 10.2. The molecule has 0 N–H and O–H groups in total. The van der Waals surface area contributed by atoms with Crippen LogP contribution in [0.4, 0.5) is 4.39 Å². The molecule has 1 heterocycles. The maximum absolute atomic E-state index is 13.4. The minimum absolute atomic E-state index is 0.193. The van der Waals surface area contributed by atoms with Gasteiger partial charge in [0.25, 0.3) is 0 Å². The molecule has 1 aliphatic heterocycles. The first kappa shape index (κ1) is 21.9. The van der Waals surface area contributed by atoms with Crippen molar-refractivity contribution >= 4 is 65.7 Å². The molecule has 0 amide bonds. The SMILES string of the molecule is O=C1OC(c2ccccc2Br)=N/C1=C\c1cc(Br)c(OCc2cccc(F)c2)c(Br)c1. The average molecular weight is 610 g/mol. The third kappa shape index (κ3) is 5.14. The summed E-state index contributed by atoms with van der Waals surface area (Å²) in [6.45, 7) is 0.210. The highest BCUT2D eigenvalue weighted by Crippen LogP contribution is 2.36. The van der Waals surface area contributed by atoms with Gasteiger partial charge in [-0.3, -0.25) is 0 Å². The topological polar surface area (TPSA) is 47.9 Å². The molecular weight excluding hydrogens is 597 g/mol. The predicted octanol–water partition coefficient (Wildman–Crippen LogP) is 7.04. The lowest BCUT2D eigenvalue weighted by Gasteiger charge is -2.11. The van der Waals surface area contributed by atoms with Gasteiger partial charge in [-0.15, -0.1) is 0 Å². The number of rotatable bonds is 5. The maximum Gasteiger partial charge on any atom is 0.363 e. The Kier molecular flexibility index (Phi) is 6.69. The molecule has 0 aliphatic carbocycles. The normalized spacial score (nSPS) is 14.5. The molecule has 31 heavy (non-hydrogen) atoms. The van der Waals surface area contributed by atoms with Gasteiger partial charge in [-0.05, 0) is 101 Å². The summed E-state index contributed by atoms with van der Waals surface area (Å²) >= 11 is 10.4. The molecule has 8 heteroatoms. The van der Waals surface area contributed by atoms with Crippen LogP contribution >= 0.6 is 47.8 Å². The second-order valence-corrected chi connectivity index (χ2v) is 9.11. The van der Waals surface area contributed by atoms with E-state index < -0.39 is 5.97 Å². The van der Waals surface area contributed by atoms with Crippen LogP contribution in [0.15, 0.2) is 84.8 Å². The highest BCUT2D eigenvalue weighted by Gasteiger charge is 2.25. The fourth-order valence-electron chi connectivity index (χ4n) is 2.90. The van der Waals surface area contributed by atoms with Crippen LogP contribution in [-0.2, 0) is 16.1 Å². The van der Waals surface area contributed by atoms with Crippen LogP contribution in [0.2, 0.25) is 0 Å². The van der Waals surface area contributed by atoms with Gasteiger partial charge < -0.3 is 9.47 Å². The monoisotopic (exact) mass is 607 g/mol. The van der Waals surface area contributed by atoms with Crippen LogP contribution in [0.5, 0.6) is 5.75 Å². The van der Waals surface area contributed by atoms with Gasteiger partial charge in [-0.2, -0.15) is 0 Å².